The molecule has 197 valence electrons. The SMILES string of the molecule is CNCc1cc(N)cc(C[NH+](C)C2CCCCC2(C)C)[n+]1C.C[C-]1NCC[NH+]1C1CCCCC1.[Y]. The van der Waals surface area contributed by atoms with E-state index < -0.39 is 0 Å². The van der Waals surface area contributed by atoms with E-state index in [4.69, 9.17) is 5.73 Å². The van der Waals surface area contributed by atoms with Crippen LogP contribution in [0.1, 0.15) is 89.9 Å². The monoisotopic (exact) mass is 563 g/mol. The first-order chi connectivity index (χ1) is 16.2. The van der Waals surface area contributed by atoms with Gasteiger partial charge in [-0.3, -0.25) is 0 Å². The molecule has 3 aliphatic rings. The summed E-state index contributed by atoms with van der Waals surface area (Å²) in [4.78, 5) is 3.36. The Hall–Kier alpha value is -0.106. The summed E-state index contributed by atoms with van der Waals surface area (Å²) in [5.74, 6) is 0. The number of hydrogen-bond donors (Lipinski definition) is 5. The maximum absolute atomic E-state index is 6.12. The number of anilines is 1. The van der Waals surface area contributed by atoms with Gasteiger partial charge in [0.25, 0.3) is 0 Å². The molecule has 35 heavy (non-hydrogen) atoms. The average Bonchev–Trinajstić information content (AvgIpc) is 3.23. The third kappa shape index (κ3) is 8.72. The van der Waals surface area contributed by atoms with E-state index >= 15 is 0 Å². The van der Waals surface area contributed by atoms with Crippen LogP contribution in [0.5, 0.6) is 0 Å². The Bertz CT molecular complexity index is 764. The fourth-order valence-corrected chi connectivity index (χ4v) is 6.79. The van der Waals surface area contributed by atoms with E-state index in [1.54, 1.807) is 9.80 Å². The van der Waals surface area contributed by atoms with Crippen LogP contribution in [0.25, 0.3) is 0 Å². The number of aromatic nitrogens is 1. The van der Waals surface area contributed by atoms with Crippen LogP contribution in [0.3, 0.4) is 0 Å². The summed E-state index contributed by atoms with van der Waals surface area (Å²) in [6.07, 6.45) is 14.2. The van der Waals surface area contributed by atoms with E-state index in [0.717, 1.165) is 30.9 Å². The number of hydrogen-bond acceptors (Lipinski definition) is 3. The molecule has 1 aliphatic heterocycles. The first kappa shape index (κ1) is 31.1. The van der Waals surface area contributed by atoms with Crippen LogP contribution in [-0.2, 0) is 52.8 Å². The quantitative estimate of drug-likeness (QED) is 0.266. The number of nitrogens with one attached hydrogen (secondary N) is 4. The van der Waals surface area contributed by atoms with Crippen LogP contribution >= 0.6 is 0 Å². The number of pyridine rings is 1. The molecule has 0 aromatic carbocycles. The third-order valence-corrected chi connectivity index (χ3v) is 8.81. The van der Waals surface area contributed by atoms with E-state index in [0.29, 0.717) is 5.41 Å². The summed E-state index contributed by atoms with van der Waals surface area (Å²) in [5, 5.41) is 6.67. The van der Waals surface area contributed by atoms with Gasteiger partial charge in [0, 0.05) is 62.5 Å². The Kier molecular flexibility index (Phi) is 13.1. The minimum absolute atomic E-state index is 0. The molecule has 3 unspecified atom stereocenters. The van der Waals surface area contributed by atoms with Gasteiger partial charge in [0.05, 0.1) is 32.2 Å². The number of nitrogens with zero attached hydrogens (tertiary/aromatic N) is 1. The Morgan fingerprint density at radius 2 is 1.80 bits per heavy atom. The van der Waals surface area contributed by atoms with Gasteiger partial charge in [0.15, 0.2) is 12.2 Å². The average molecular weight is 564 g/mol. The molecule has 7 heteroatoms. The van der Waals surface area contributed by atoms with Crippen molar-refractivity contribution in [2.75, 3.05) is 32.9 Å². The molecule has 6 N–H and O–H groups in total. The van der Waals surface area contributed by atoms with Gasteiger partial charge in [-0.05, 0) is 52.0 Å². The van der Waals surface area contributed by atoms with Crippen LogP contribution < -0.4 is 30.7 Å². The van der Waals surface area contributed by atoms with Gasteiger partial charge in [-0.25, -0.2) is 0 Å². The van der Waals surface area contributed by atoms with Crippen molar-refractivity contribution in [3.63, 3.8) is 0 Å². The fraction of sp³-hybridized carbons (Fsp3) is 0.786. The first-order valence-electron chi connectivity index (χ1n) is 13.9. The molecule has 6 nitrogen and oxygen atoms in total. The number of nitrogen functional groups attached to an aromatic ring is 1. The second kappa shape index (κ2) is 14.7. The van der Waals surface area contributed by atoms with Crippen LogP contribution in [-0.4, -0.2) is 39.3 Å². The van der Waals surface area contributed by atoms with Crippen molar-refractivity contribution >= 4 is 5.69 Å². The summed E-state index contributed by atoms with van der Waals surface area (Å²) >= 11 is 0. The number of nitrogens with two attached hydrogens (primary N) is 1. The van der Waals surface area contributed by atoms with Crippen LogP contribution in [0.15, 0.2) is 12.1 Å². The molecule has 2 aliphatic carbocycles. The van der Waals surface area contributed by atoms with Gasteiger partial charge in [-0.2, -0.15) is 4.57 Å². The Morgan fingerprint density at radius 3 is 2.40 bits per heavy atom. The maximum Gasteiger partial charge on any atom is 0.238 e. The van der Waals surface area contributed by atoms with Crippen molar-refractivity contribution in [1.29, 1.82) is 0 Å². The van der Waals surface area contributed by atoms with Crippen molar-refractivity contribution in [3.8, 4) is 0 Å². The van der Waals surface area contributed by atoms with Crippen molar-refractivity contribution in [3.05, 3.63) is 29.7 Å². The largest absolute Gasteiger partial charge is 0.448 e. The van der Waals surface area contributed by atoms with Crippen LogP contribution in [0, 0.1) is 11.6 Å². The predicted octanol–water partition coefficient (Wildman–Crippen LogP) is 1.11. The summed E-state index contributed by atoms with van der Waals surface area (Å²) in [5.41, 5.74) is 9.99. The second-order valence-corrected chi connectivity index (χ2v) is 11.8. The molecule has 4 rings (SSSR count). The summed E-state index contributed by atoms with van der Waals surface area (Å²) in [6, 6.07) is 5.88. The molecule has 1 aromatic heterocycles. The van der Waals surface area contributed by atoms with Gasteiger partial charge in [0.2, 0.25) is 5.69 Å². The molecule has 3 atom stereocenters. The molecule has 2 saturated carbocycles. The fourth-order valence-electron chi connectivity index (χ4n) is 6.79. The second-order valence-electron chi connectivity index (χ2n) is 11.8. The van der Waals surface area contributed by atoms with E-state index in [-0.39, 0.29) is 32.7 Å². The van der Waals surface area contributed by atoms with Crippen LogP contribution in [0.4, 0.5) is 5.69 Å². The van der Waals surface area contributed by atoms with Crippen molar-refractivity contribution < 1.29 is 47.1 Å². The van der Waals surface area contributed by atoms with Crippen molar-refractivity contribution in [1.82, 2.24) is 10.6 Å². The number of quaternary nitrogens is 2. The number of rotatable bonds is 6. The molecule has 0 bridgehead atoms. The Labute approximate surface area is 241 Å². The van der Waals surface area contributed by atoms with E-state index in [1.165, 1.54) is 88.4 Å². The van der Waals surface area contributed by atoms with Gasteiger partial charge in [-0.1, -0.05) is 32.9 Å². The standard InChI is InChI=1S/C18H32N4.C10H20N2.Y/c1-18(2)9-7-6-8-17(18)21(4)13-16-11-14(19)10-15(12-20-3)22(16)5;1-9-11-7-8-12(9)10-5-3-2-4-6-10;/h10-11,17,19-20H,6-9,12-13H2,1-5H3;10-12H,2-8H2,1H3;/p+2. The molecule has 0 spiro atoms. The van der Waals surface area contributed by atoms with Gasteiger partial charge >= 0.3 is 0 Å². The molecular weight excluding hydrogens is 509 g/mol. The van der Waals surface area contributed by atoms with Gasteiger partial charge in [-0.15, -0.1) is 6.92 Å². The van der Waals surface area contributed by atoms with Crippen molar-refractivity contribution in [2.45, 2.75) is 104 Å². The van der Waals surface area contributed by atoms with Crippen LogP contribution in [0.2, 0.25) is 0 Å². The van der Waals surface area contributed by atoms with E-state index in [1.807, 2.05) is 7.05 Å². The molecule has 1 radical (unpaired) electrons. The normalized spacial score (nSPS) is 25.9. The third-order valence-electron chi connectivity index (χ3n) is 8.81. The van der Waals surface area contributed by atoms with Crippen molar-refractivity contribution in [2.24, 2.45) is 12.5 Å². The summed E-state index contributed by atoms with van der Waals surface area (Å²) in [6.45, 7) is 11.5. The molecule has 2 heterocycles. The molecule has 3 fully saturated rings. The zero-order chi connectivity index (χ0) is 24.7. The minimum Gasteiger partial charge on any atom is -0.448 e. The first-order valence-corrected chi connectivity index (χ1v) is 13.9. The van der Waals surface area contributed by atoms with E-state index in [9.17, 15) is 0 Å². The molecule has 1 saturated heterocycles. The van der Waals surface area contributed by atoms with E-state index in [2.05, 4.69) is 62.2 Å². The summed E-state index contributed by atoms with van der Waals surface area (Å²) in [7, 11) is 6.48. The topological polar surface area (TPSA) is 62.8 Å². The Balaban J connectivity index is 0.000000280. The maximum atomic E-state index is 6.12. The van der Waals surface area contributed by atoms with Gasteiger partial charge < -0.3 is 26.2 Å². The summed E-state index contributed by atoms with van der Waals surface area (Å²) < 4.78 is 2.30. The molecule has 1 aromatic rings. The molecule has 0 amide bonds. The smallest absolute Gasteiger partial charge is 0.238 e. The predicted molar refractivity (Wildman–Crippen MR) is 141 cm³/mol. The zero-order valence-corrected chi connectivity index (χ0v) is 26.4. The molecular formula is C28H54N6Y+2. The Morgan fingerprint density at radius 1 is 1.14 bits per heavy atom. The zero-order valence-electron chi connectivity index (χ0n) is 23.6. The minimum atomic E-state index is 0. The van der Waals surface area contributed by atoms with Gasteiger partial charge in [0.1, 0.15) is 7.05 Å².